The molecule has 0 fully saturated rings. The Morgan fingerprint density at radius 1 is 0.348 bits per heavy atom. The van der Waals surface area contributed by atoms with Gasteiger partial charge < -0.3 is 27.9 Å². The summed E-state index contributed by atoms with van der Waals surface area (Å²) in [4.78, 5) is 38.1. The summed E-state index contributed by atoms with van der Waals surface area (Å²) in [6, 6.07) is 0. The predicted octanol–water partition coefficient (Wildman–Crippen LogP) is 25.0. The number of hydrogen-bond acceptors (Lipinski definition) is 8. The van der Waals surface area contributed by atoms with E-state index in [2.05, 4.69) is 123 Å². The van der Waals surface area contributed by atoms with Crippen molar-refractivity contribution in [2.45, 2.75) is 354 Å². The predicted molar refractivity (Wildman–Crippen MR) is 397 cm³/mol. The monoisotopic (exact) mass is 1300 g/mol. The van der Waals surface area contributed by atoms with Crippen molar-refractivity contribution in [3.05, 3.63) is 109 Å². The molecule has 2 unspecified atom stereocenters. The molecule has 0 aromatic rings. The van der Waals surface area contributed by atoms with Gasteiger partial charge in [-0.05, 0) is 103 Å². The molecule has 10 heteroatoms. The number of carbonyl (C=O) groups excluding carboxylic acids is 2. The van der Waals surface area contributed by atoms with Crippen molar-refractivity contribution in [3.8, 4) is 0 Å². The van der Waals surface area contributed by atoms with Crippen molar-refractivity contribution >= 4 is 19.8 Å². The number of ether oxygens (including phenoxy) is 2. The second kappa shape index (κ2) is 72.0. The van der Waals surface area contributed by atoms with Gasteiger partial charge in [0, 0.05) is 12.8 Å². The maximum Gasteiger partial charge on any atom is 0.306 e. The molecule has 0 radical (unpaired) electrons. The second-order valence-corrected chi connectivity index (χ2v) is 28.4. The fourth-order valence-electron chi connectivity index (χ4n) is 10.9. The molecule has 92 heavy (non-hydrogen) atoms. The molecular formula is C82H146NO8P. The zero-order chi connectivity index (χ0) is 66.9. The van der Waals surface area contributed by atoms with Gasteiger partial charge in [0.25, 0.3) is 7.82 Å². The van der Waals surface area contributed by atoms with E-state index in [1.165, 1.54) is 218 Å². The fourth-order valence-corrected chi connectivity index (χ4v) is 11.6. The number of unbranched alkanes of at least 4 members (excludes halogenated alkanes) is 39. The van der Waals surface area contributed by atoms with Gasteiger partial charge in [-0.3, -0.25) is 14.2 Å². The van der Waals surface area contributed by atoms with Crippen LogP contribution in [-0.4, -0.2) is 70.0 Å². The quantitative estimate of drug-likeness (QED) is 0.0195. The van der Waals surface area contributed by atoms with Crippen LogP contribution in [0.15, 0.2) is 109 Å². The van der Waals surface area contributed by atoms with Gasteiger partial charge in [-0.15, -0.1) is 0 Å². The van der Waals surface area contributed by atoms with Crippen LogP contribution >= 0.6 is 7.82 Å². The minimum Gasteiger partial charge on any atom is -0.756 e. The zero-order valence-electron chi connectivity index (χ0n) is 60.7. The van der Waals surface area contributed by atoms with E-state index in [9.17, 15) is 19.0 Å². The van der Waals surface area contributed by atoms with Crippen LogP contribution in [0.25, 0.3) is 0 Å². The number of hydrogen-bond donors (Lipinski definition) is 0. The number of likely N-dealkylation sites (N-methyl/N-ethyl adjacent to an activating group) is 1. The first-order valence-electron chi connectivity index (χ1n) is 38.6. The molecule has 0 aliphatic carbocycles. The third kappa shape index (κ3) is 75.7. The van der Waals surface area contributed by atoms with E-state index in [4.69, 9.17) is 18.5 Å². The molecule has 0 aromatic carbocycles. The van der Waals surface area contributed by atoms with Crippen molar-refractivity contribution in [3.63, 3.8) is 0 Å². The molecule has 0 aliphatic rings. The number of quaternary nitrogens is 1. The average Bonchev–Trinajstić information content (AvgIpc) is 2.23. The lowest BCUT2D eigenvalue weighted by molar-refractivity contribution is -0.870. The first kappa shape index (κ1) is 88.7. The van der Waals surface area contributed by atoms with E-state index < -0.39 is 26.5 Å². The topological polar surface area (TPSA) is 111 Å². The van der Waals surface area contributed by atoms with Gasteiger partial charge in [0.1, 0.15) is 19.8 Å². The van der Waals surface area contributed by atoms with E-state index in [1.54, 1.807) is 0 Å². The third-order valence-corrected chi connectivity index (χ3v) is 17.7. The Balaban J connectivity index is 4.02. The van der Waals surface area contributed by atoms with Gasteiger partial charge in [0.2, 0.25) is 0 Å². The van der Waals surface area contributed by atoms with Crippen molar-refractivity contribution in [2.24, 2.45) is 0 Å². The fraction of sp³-hybridized carbons (Fsp3) is 0.756. The Hall–Kier alpha value is -3.33. The molecule has 0 heterocycles. The highest BCUT2D eigenvalue weighted by Crippen LogP contribution is 2.38. The Bertz CT molecular complexity index is 1920. The lowest BCUT2D eigenvalue weighted by Crippen LogP contribution is -2.37. The number of carbonyl (C=O) groups is 2. The molecule has 0 saturated heterocycles. The standard InChI is InChI=1S/C82H146NO8P/c1-6-8-10-12-14-16-18-20-22-24-26-28-30-32-34-36-38-40-41-43-44-46-48-50-52-54-56-58-60-62-64-66-68-70-72-74-81(84)88-78-80(79-90-92(86,87)89-77-76-83(3,4)5)91-82(85)75-73-71-69-67-65-63-61-59-57-55-53-51-49-47-45-42-39-37-35-33-31-29-27-25-23-21-19-17-15-13-11-9-7-2/h9,11,15,17,21,23-24,26-27,29,33,35,39,42,47,49,53,55,80H,6-8,10,12-14,16,18-20,22,25,28,30-32,34,36-38,40-41,43-46,48,50-52,54,56-79H2,1-5H3/b11-9-,17-15-,23-21-,26-24-,29-27-,35-33-,42-39-,49-47-,55-53-. The zero-order valence-corrected chi connectivity index (χ0v) is 61.6. The van der Waals surface area contributed by atoms with Crippen LogP contribution in [0.1, 0.15) is 348 Å². The molecule has 0 N–H and O–H groups in total. The number of esters is 2. The van der Waals surface area contributed by atoms with Gasteiger partial charge in [-0.25, -0.2) is 0 Å². The van der Waals surface area contributed by atoms with Gasteiger partial charge in [0.05, 0.1) is 27.7 Å². The van der Waals surface area contributed by atoms with E-state index in [0.717, 1.165) is 96.3 Å². The molecule has 0 bridgehead atoms. The summed E-state index contributed by atoms with van der Waals surface area (Å²) in [5, 5.41) is 0. The SMILES string of the molecule is CC/C=C\C/C=C\C/C=C\C/C=C\C/C=C\C/C=C\C/C=C\C/C=C\CCCCCCCCCCC(=O)OC(COC(=O)CCCCCCCCCCCCCCCCCCCCCCCCC/C=C\CCCCCCCCCC)COP(=O)([O-])OCC[N+](C)(C)C. The minimum atomic E-state index is -4.65. The molecule has 2 atom stereocenters. The summed E-state index contributed by atoms with van der Waals surface area (Å²) < 4.78 is 34.4. The molecular weight excluding hydrogens is 1160 g/mol. The third-order valence-electron chi connectivity index (χ3n) is 16.8. The van der Waals surface area contributed by atoms with E-state index in [-0.39, 0.29) is 32.0 Å². The molecule has 532 valence electrons. The number of nitrogens with zero attached hydrogens (tertiary/aromatic N) is 1. The maximum atomic E-state index is 12.9. The molecule has 0 aliphatic heterocycles. The van der Waals surface area contributed by atoms with Crippen molar-refractivity contribution in [1.82, 2.24) is 0 Å². The normalized spacial score (nSPS) is 13.7. The number of rotatable bonds is 71. The number of phosphoric acid groups is 1. The van der Waals surface area contributed by atoms with Crippen LogP contribution in [0, 0.1) is 0 Å². The largest absolute Gasteiger partial charge is 0.756 e. The Morgan fingerprint density at radius 3 is 0.935 bits per heavy atom. The highest BCUT2D eigenvalue weighted by Gasteiger charge is 2.22. The molecule has 0 saturated carbocycles. The van der Waals surface area contributed by atoms with Gasteiger partial charge in [0.15, 0.2) is 6.10 Å². The summed E-state index contributed by atoms with van der Waals surface area (Å²) in [6.07, 6.45) is 102. The summed E-state index contributed by atoms with van der Waals surface area (Å²) in [5.41, 5.74) is 0. The van der Waals surface area contributed by atoms with Crippen molar-refractivity contribution in [1.29, 1.82) is 0 Å². The van der Waals surface area contributed by atoms with Gasteiger partial charge in [-0.2, -0.15) is 0 Å². The summed E-state index contributed by atoms with van der Waals surface area (Å²) in [5.74, 6) is -0.835. The van der Waals surface area contributed by atoms with Gasteiger partial charge in [-0.1, -0.05) is 342 Å². The number of allylic oxidation sites excluding steroid dienone is 18. The highest BCUT2D eigenvalue weighted by molar-refractivity contribution is 7.45. The van der Waals surface area contributed by atoms with Crippen molar-refractivity contribution < 1.29 is 42.1 Å². The first-order valence-corrected chi connectivity index (χ1v) is 40.1. The van der Waals surface area contributed by atoms with E-state index >= 15 is 0 Å². The maximum absolute atomic E-state index is 12.9. The first-order chi connectivity index (χ1) is 45.0. The van der Waals surface area contributed by atoms with Crippen LogP contribution < -0.4 is 4.89 Å². The van der Waals surface area contributed by atoms with Crippen LogP contribution in [0.4, 0.5) is 0 Å². The van der Waals surface area contributed by atoms with Crippen LogP contribution in [0.3, 0.4) is 0 Å². The molecule has 9 nitrogen and oxygen atoms in total. The lowest BCUT2D eigenvalue weighted by atomic mass is 10.0. The van der Waals surface area contributed by atoms with Crippen LogP contribution in [-0.2, 0) is 32.7 Å². The Morgan fingerprint density at radius 2 is 0.620 bits per heavy atom. The van der Waals surface area contributed by atoms with E-state index in [1.807, 2.05) is 21.1 Å². The molecule has 0 aromatic heterocycles. The van der Waals surface area contributed by atoms with Crippen LogP contribution in [0.5, 0.6) is 0 Å². The van der Waals surface area contributed by atoms with Crippen molar-refractivity contribution in [2.75, 3.05) is 47.5 Å². The lowest BCUT2D eigenvalue weighted by Gasteiger charge is -2.28. The van der Waals surface area contributed by atoms with E-state index in [0.29, 0.717) is 17.4 Å². The molecule has 0 spiro atoms. The van der Waals surface area contributed by atoms with Gasteiger partial charge >= 0.3 is 11.9 Å². The summed E-state index contributed by atoms with van der Waals surface area (Å²) in [7, 11) is 1.16. The average molecular weight is 1310 g/mol. The smallest absolute Gasteiger partial charge is 0.306 e. The second-order valence-electron chi connectivity index (χ2n) is 27.0. The Kier molecular flexibility index (Phi) is 69.3. The highest BCUT2D eigenvalue weighted by atomic mass is 31.2. The molecule has 0 rings (SSSR count). The Labute approximate surface area is 569 Å². The number of phosphoric ester groups is 1. The van der Waals surface area contributed by atoms with Crippen LogP contribution in [0.2, 0.25) is 0 Å². The minimum absolute atomic E-state index is 0.0359. The summed E-state index contributed by atoms with van der Waals surface area (Å²) in [6.45, 7) is 4.15. The summed E-state index contributed by atoms with van der Waals surface area (Å²) >= 11 is 0. The molecule has 0 amide bonds.